The summed E-state index contributed by atoms with van der Waals surface area (Å²) in [5.74, 6) is -1.54. The molecule has 0 spiro atoms. The minimum Gasteiger partial charge on any atom is -0.375 e. The lowest BCUT2D eigenvalue weighted by molar-refractivity contribution is -0.133. The highest BCUT2D eigenvalue weighted by Gasteiger charge is 2.42. The van der Waals surface area contributed by atoms with Crippen molar-refractivity contribution in [2.75, 3.05) is 85.5 Å². The number of fused-ring (bicyclic) bond motifs is 5. The third-order valence-corrected chi connectivity index (χ3v) is 14.4. The summed E-state index contributed by atoms with van der Waals surface area (Å²) >= 11 is 1.28. The van der Waals surface area contributed by atoms with Gasteiger partial charge in [0, 0.05) is 116 Å². The van der Waals surface area contributed by atoms with Gasteiger partial charge in [0.25, 0.3) is 11.8 Å². The Balaban J connectivity index is 0.704. The molecule has 2 atom stereocenters. The third kappa shape index (κ3) is 7.83. The van der Waals surface area contributed by atoms with Crippen molar-refractivity contribution in [2.24, 2.45) is 0 Å². The Bertz CT molecular complexity index is 2740. The van der Waals surface area contributed by atoms with Gasteiger partial charge in [-0.3, -0.25) is 39.6 Å². The van der Waals surface area contributed by atoms with Crippen LogP contribution in [0.1, 0.15) is 51.8 Å². The van der Waals surface area contributed by atoms with Crippen LogP contribution in [0.5, 0.6) is 0 Å². The molecule has 17 nitrogen and oxygen atoms in total. The Labute approximate surface area is 383 Å². The monoisotopic (exact) mass is 913 g/mol. The van der Waals surface area contributed by atoms with Crippen molar-refractivity contribution in [2.45, 2.75) is 51.0 Å². The molecule has 11 rings (SSSR count). The number of aryl methyl sites for hydroxylation is 1. The van der Waals surface area contributed by atoms with Gasteiger partial charge in [-0.25, -0.2) is 19.2 Å². The Hall–Kier alpha value is -6.70. The molecule has 6 amide bonds. The van der Waals surface area contributed by atoms with Crippen molar-refractivity contribution in [1.82, 2.24) is 34.6 Å². The molecule has 66 heavy (non-hydrogen) atoms. The first-order valence-electron chi connectivity index (χ1n) is 22.5. The normalized spacial score (nSPS) is 20.1. The number of benzene rings is 3. The number of nitrogens with zero attached hydrogens (tertiary/aromatic N) is 9. The van der Waals surface area contributed by atoms with Crippen molar-refractivity contribution in [3.63, 3.8) is 0 Å². The Morgan fingerprint density at radius 3 is 2.55 bits per heavy atom. The van der Waals surface area contributed by atoms with Gasteiger partial charge in [0.15, 0.2) is 11.2 Å². The zero-order valence-corrected chi connectivity index (χ0v) is 37.0. The van der Waals surface area contributed by atoms with Gasteiger partial charge in [0.05, 0.1) is 44.4 Å². The van der Waals surface area contributed by atoms with Crippen molar-refractivity contribution in [3.05, 3.63) is 106 Å². The molecular weight excluding hydrogens is 866 g/mol. The number of piperazine rings is 2. The molecule has 6 aliphatic rings. The number of aromatic nitrogens is 3. The highest BCUT2D eigenvalue weighted by Crippen LogP contribution is 2.39. The molecule has 0 radical (unpaired) electrons. The molecule has 3 saturated heterocycles. The lowest BCUT2D eigenvalue weighted by Gasteiger charge is -2.43. The van der Waals surface area contributed by atoms with Gasteiger partial charge in [-0.15, -0.1) is 11.3 Å². The minimum absolute atomic E-state index is 0.0619. The molecule has 0 saturated carbocycles. The molecule has 2 N–H and O–H groups in total. The second-order valence-electron chi connectivity index (χ2n) is 17.6. The molecule has 5 aromatic rings. The maximum absolute atomic E-state index is 16.0. The zero-order valence-electron chi connectivity index (χ0n) is 36.2. The number of carbonyl (C=O) groups is 5. The number of imidazole rings is 1. The Kier molecular flexibility index (Phi) is 11.0. The van der Waals surface area contributed by atoms with Crippen LogP contribution in [0, 0.1) is 5.82 Å². The number of hydrogen-bond donors (Lipinski definition) is 2. The average Bonchev–Trinajstić information content (AvgIpc) is 4.13. The summed E-state index contributed by atoms with van der Waals surface area (Å²) in [6.45, 7) is 6.99. The van der Waals surface area contributed by atoms with E-state index < -0.39 is 29.7 Å². The van der Waals surface area contributed by atoms with Gasteiger partial charge in [-0.05, 0) is 66.4 Å². The number of imide groups is 1. The Morgan fingerprint density at radius 2 is 1.74 bits per heavy atom. The van der Waals surface area contributed by atoms with Crippen molar-refractivity contribution >= 4 is 63.2 Å². The number of ether oxygens (including phenoxy) is 1. The van der Waals surface area contributed by atoms with Crippen LogP contribution in [-0.2, 0) is 45.2 Å². The van der Waals surface area contributed by atoms with E-state index in [1.807, 2.05) is 51.9 Å². The first-order chi connectivity index (χ1) is 32.1. The molecule has 1 unspecified atom stereocenters. The van der Waals surface area contributed by atoms with E-state index in [0.29, 0.717) is 75.4 Å². The number of thiazole rings is 1. The highest BCUT2D eigenvalue weighted by molar-refractivity contribution is 7.13. The summed E-state index contributed by atoms with van der Waals surface area (Å²) in [6.07, 6.45) is 5.21. The molecule has 340 valence electrons. The first-order valence-corrected chi connectivity index (χ1v) is 23.3. The number of amides is 6. The fraction of sp³-hybridized carbons (Fsp3) is 0.383. The van der Waals surface area contributed by atoms with Crippen LogP contribution in [0.25, 0.3) is 11.1 Å². The maximum Gasteiger partial charge on any atom is 0.328 e. The van der Waals surface area contributed by atoms with Crippen molar-refractivity contribution in [1.29, 1.82) is 0 Å². The molecule has 8 heterocycles. The summed E-state index contributed by atoms with van der Waals surface area (Å²) in [6, 6.07) is 15.5. The SMILES string of the molecule is O=C1CCN(c2ccc3c(c2)COC[C@H]2CN(CC(=O)N4CCN(c5ccc(-c6cc(F)c7c(c6)C(=O)N(C(C(=O)Nc6nccs6)c6ncn8c6CCC8)C7)cc5)CC4)CCN32)C(=O)N1. The standard InChI is InChI=1S/C47H48FN11O6S/c48-37-22-30(21-35-36(37)24-59(45(35)63)43(44(62)52-46-49-10-19-66-46)42-39-2-1-11-56(39)28-50-42)29-3-5-32(6-4-29)54-14-16-55(17-15-54)41(61)25-53-13-18-57-34(23-53)27-65-26-31-20-33(7-8-38(31)57)58-12-9-40(60)51-47(58)64/h3-8,10,19-22,28,34,43H,1-2,9,11-18,23-27H2,(H,49,52,62)(H,51,60,64)/t34-,43?/m1/s1. The number of halogens is 1. The largest absolute Gasteiger partial charge is 0.375 e. The van der Waals surface area contributed by atoms with Gasteiger partial charge in [0.2, 0.25) is 11.8 Å². The molecule has 0 aliphatic carbocycles. The summed E-state index contributed by atoms with van der Waals surface area (Å²) in [5.41, 5.74) is 7.00. The number of hydrogen-bond acceptors (Lipinski definition) is 12. The number of rotatable bonds is 9. The first kappa shape index (κ1) is 42.0. The van der Waals surface area contributed by atoms with Crippen molar-refractivity contribution in [3.8, 4) is 11.1 Å². The second-order valence-corrected chi connectivity index (χ2v) is 18.5. The fourth-order valence-corrected chi connectivity index (χ4v) is 10.8. The fourth-order valence-electron chi connectivity index (χ4n) is 10.3. The van der Waals surface area contributed by atoms with Crippen LogP contribution in [0.3, 0.4) is 0 Å². The van der Waals surface area contributed by atoms with Crippen LogP contribution >= 0.6 is 11.3 Å². The molecule has 3 aromatic carbocycles. The van der Waals surface area contributed by atoms with E-state index in [-0.39, 0.29) is 41.9 Å². The summed E-state index contributed by atoms with van der Waals surface area (Å²) in [5, 5.41) is 7.40. The predicted octanol–water partition coefficient (Wildman–Crippen LogP) is 4.24. The molecule has 6 aliphatic heterocycles. The molecule has 2 aromatic heterocycles. The van der Waals surface area contributed by atoms with E-state index in [4.69, 9.17) is 4.74 Å². The number of urea groups is 1. The molecular formula is C47H48FN11O6S. The van der Waals surface area contributed by atoms with Gasteiger partial charge in [0.1, 0.15) is 5.82 Å². The van der Waals surface area contributed by atoms with Crippen LogP contribution < -0.4 is 25.3 Å². The zero-order chi connectivity index (χ0) is 45.1. The smallest absolute Gasteiger partial charge is 0.328 e. The van der Waals surface area contributed by atoms with E-state index in [1.165, 1.54) is 22.3 Å². The van der Waals surface area contributed by atoms with E-state index >= 15 is 4.39 Å². The topological polar surface area (TPSA) is 169 Å². The van der Waals surface area contributed by atoms with Gasteiger partial charge in [-0.1, -0.05) is 12.1 Å². The van der Waals surface area contributed by atoms with Gasteiger partial charge in [-0.2, -0.15) is 0 Å². The van der Waals surface area contributed by atoms with Crippen LogP contribution in [0.15, 0.2) is 72.5 Å². The maximum atomic E-state index is 16.0. The lowest BCUT2D eigenvalue weighted by atomic mass is 9.99. The summed E-state index contributed by atoms with van der Waals surface area (Å²) < 4.78 is 24.1. The number of carbonyl (C=O) groups excluding carboxylic acids is 5. The van der Waals surface area contributed by atoms with Crippen LogP contribution in [0.2, 0.25) is 0 Å². The molecule has 3 fully saturated rings. The summed E-state index contributed by atoms with van der Waals surface area (Å²) in [7, 11) is 0. The molecule has 0 bridgehead atoms. The van der Waals surface area contributed by atoms with E-state index in [2.05, 4.69) is 35.3 Å². The van der Waals surface area contributed by atoms with Crippen molar-refractivity contribution < 1.29 is 33.1 Å². The van der Waals surface area contributed by atoms with E-state index in [9.17, 15) is 24.0 Å². The van der Waals surface area contributed by atoms with Crippen LogP contribution in [0.4, 0.5) is 31.4 Å². The van der Waals surface area contributed by atoms with Gasteiger partial charge >= 0.3 is 6.03 Å². The second kappa shape index (κ2) is 17.3. The lowest BCUT2D eigenvalue weighted by Crippen LogP contribution is -2.57. The minimum atomic E-state index is -1.06. The van der Waals surface area contributed by atoms with Crippen LogP contribution in [-0.4, -0.2) is 130 Å². The van der Waals surface area contributed by atoms with E-state index in [0.717, 1.165) is 66.4 Å². The predicted molar refractivity (Wildman–Crippen MR) is 244 cm³/mol. The molecule has 19 heteroatoms. The Morgan fingerprint density at radius 1 is 0.909 bits per heavy atom. The van der Waals surface area contributed by atoms with Gasteiger partial charge < -0.3 is 28.9 Å². The van der Waals surface area contributed by atoms with E-state index in [1.54, 1.807) is 28.9 Å². The summed E-state index contributed by atoms with van der Waals surface area (Å²) in [4.78, 5) is 86.3. The number of anilines is 4. The average molecular weight is 914 g/mol. The quantitative estimate of drug-likeness (QED) is 0.217. The third-order valence-electron chi connectivity index (χ3n) is 13.7. The highest BCUT2D eigenvalue weighted by atomic mass is 32.1. The number of nitrogens with one attached hydrogen (secondary N) is 2.